The first kappa shape index (κ1) is 13.9. The van der Waals surface area contributed by atoms with Crippen LogP contribution >= 0.6 is 0 Å². The first-order valence-corrected chi connectivity index (χ1v) is 7.05. The van der Waals surface area contributed by atoms with Crippen LogP contribution in [0.4, 0.5) is 5.69 Å². The Morgan fingerprint density at radius 1 is 1.37 bits per heavy atom. The molecular weight excluding hydrogens is 236 g/mol. The van der Waals surface area contributed by atoms with E-state index in [2.05, 4.69) is 30.1 Å². The van der Waals surface area contributed by atoms with Crippen molar-refractivity contribution in [2.75, 3.05) is 25.0 Å². The predicted octanol–water partition coefficient (Wildman–Crippen LogP) is 3.23. The van der Waals surface area contributed by atoms with Crippen LogP contribution in [0.1, 0.15) is 26.7 Å². The highest BCUT2D eigenvalue weighted by molar-refractivity contribution is 5.48. The maximum atomic E-state index is 9.45. The number of phenols is 1. The van der Waals surface area contributed by atoms with Crippen molar-refractivity contribution >= 4 is 5.69 Å². The van der Waals surface area contributed by atoms with Gasteiger partial charge >= 0.3 is 0 Å². The Kier molecular flexibility index (Phi) is 4.86. The number of nitrogens with one attached hydrogen (secondary N) is 1. The minimum absolute atomic E-state index is 0.325. The lowest BCUT2D eigenvalue weighted by Gasteiger charge is -2.32. The largest absolute Gasteiger partial charge is 0.508 e. The second-order valence-corrected chi connectivity index (χ2v) is 5.55. The molecule has 0 bridgehead atoms. The first-order valence-electron chi connectivity index (χ1n) is 7.05. The van der Waals surface area contributed by atoms with E-state index in [0.717, 1.165) is 38.2 Å². The topological polar surface area (TPSA) is 35.5 Å². The zero-order chi connectivity index (χ0) is 13.7. The minimum atomic E-state index is 0.325. The first-order chi connectivity index (χ1) is 9.13. The lowest BCUT2D eigenvalue weighted by atomic mass is 10.0. The van der Waals surface area contributed by atoms with Gasteiger partial charge < -0.3 is 10.4 Å². The Hall–Kier alpha value is -1.48. The van der Waals surface area contributed by atoms with Crippen LogP contribution in [0.2, 0.25) is 0 Å². The van der Waals surface area contributed by atoms with Gasteiger partial charge in [0.15, 0.2) is 0 Å². The molecule has 1 heterocycles. The summed E-state index contributed by atoms with van der Waals surface area (Å²) in [5.74, 6) is 0.325. The monoisotopic (exact) mass is 260 g/mol. The number of piperidine rings is 1. The highest BCUT2D eigenvalue weighted by Crippen LogP contribution is 2.20. The molecule has 19 heavy (non-hydrogen) atoms. The smallest absolute Gasteiger partial charge is 0.117 e. The van der Waals surface area contributed by atoms with E-state index in [-0.39, 0.29) is 0 Å². The number of likely N-dealkylation sites (tertiary alicyclic amines) is 1. The third-order valence-electron chi connectivity index (χ3n) is 3.56. The maximum Gasteiger partial charge on any atom is 0.117 e. The molecule has 0 spiro atoms. The number of benzene rings is 1. The number of nitrogens with zero attached hydrogens (tertiary/aromatic N) is 1. The fourth-order valence-electron chi connectivity index (χ4n) is 2.40. The molecule has 0 unspecified atom stereocenters. The van der Waals surface area contributed by atoms with Gasteiger partial charge in [0.2, 0.25) is 0 Å². The molecule has 0 amide bonds. The summed E-state index contributed by atoms with van der Waals surface area (Å²) in [4.78, 5) is 2.49. The Morgan fingerprint density at radius 2 is 2.11 bits per heavy atom. The summed E-state index contributed by atoms with van der Waals surface area (Å²) in [5.41, 5.74) is 2.41. The van der Waals surface area contributed by atoms with Crippen LogP contribution in [-0.4, -0.2) is 35.7 Å². The average molecular weight is 260 g/mol. The summed E-state index contributed by atoms with van der Waals surface area (Å²) < 4.78 is 0. The number of phenolic OH excluding ortho intramolecular Hbond substituents is 1. The zero-order valence-corrected chi connectivity index (χ0v) is 11.9. The number of rotatable bonds is 4. The van der Waals surface area contributed by atoms with Crippen LogP contribution in [0.15, 0.2) is 35.9 Å². The van der Waals surface area contributed by atoms with E-state index < -0.39 is 0 Å². The summed E-state index contributed by atoms with van der Waals surface area (Å²) in [7, 11) is 0. The molecule has 0 aliphatic carbocycles. The molecule has 1 aromatic rings. The highest BCUT2D eigenvalue weighted by Gasteiger charge is 2.18. The second kappa shape index (κ2) is 6.62. The number of aromatic hydroxyl groups is 1. The Labute approximate surface area is 115 Å². The third kappa shape index (κ3) is 4.60. The molecule has 1 saturated heterocycles. The zero-order valence-electron chi connectivity index (χ0n) is 11.9. The molecule has 1 aliphatic rings. The van der Waals surface area contributed by atoms with E-state index in [9.17, 15) is 5.11 Å². The minimum Gasteiger partial charge on any atom is -0.508 e. The van der Waals surface area contributed by atoms with Crippen LogP contribution in [0.3, 0.4) is 0 Å². The number of hydrogen-bond acceptors (Lipinski definition) is 3. The summed E-state index contributed by atoms with van der Waals surface area (Å²) in [6, 6.07) is 7.89. The van der Waals surface area contributed by atoms with E-state index >= 15 is 0 Å². The number of anilines is 1. The van der Waals surface area contributed by atoms with Gasteiger partial charge in [-0.3, -0.25) is 4.90 Å². The molecule has 2 N–H and O–H groups in total. The molecule has 3 heteroatoms. The SMILES string of the molecule is CC(C)=CCN1CCC(Nc2cccc(O)c2)CC1. The normalized spacial score (nSPS) is 17.2. The van der Waals surface area contributed by atoms with Crippen LogP contribution in [0, 0.1) is 0 Å². The van der Waals surface area contributed by atoms with Crippen molar-refractivity contribution in [2.24, 2.45) is 0 Å². The Morgan fingerprint density at radius 3 is 2.74 bits per heavy atom. The molecule has 0 saturated carbocycles. The molecule has 104 valence electrons. The molecule has 3 nitrogen and oxygen atoms in total. The van der Waals surface area contributed by atoms with Crippen molar-refractivity contribution in [3.8, 4) is 5.75 Å². The van der Waals surface area contributed by atoms with Crippen LogP contribution in [-0.2, 0) is 0 Å². The predicted molar refractivity (Wildman–Crippen MR) is 80.6 cm³/mol. The van der Waals surface area contributed by atoms with Crippen molar-refractivity contribution in [2.45, 2.75) is 32.7 Å². The number of hydrogen-bond donors (Lipinski definition) is 2. The van der Waals surface area contributed by atoms with Gasteiger partial charge in [-0.15, -0.1) is 0 Å². The number of allylic oxidation sites excluding steroid dienone is 1. The third-order valence-corrected chi connectivity index (χ3v) is 3.56. The van der Waals surface area contributed by atoms with Gasteiger partial charge in [0, 0.05) is 37.4 Å². The van der Waals surface area contributed by atoms with Gasteiger partial charge in [-0.05, 0) is 38.8 Å². The average Bonchev–Trinajstić information content (AvgIpc) is 2.38. The van der Waals surface area contributed by atoms with Crippen molar-refractivity contribution in [3.63, 3.8) is 0 Å². The standard InChI is InChI=1S/C16H24N2O/c1-13(2)6-9-18-10-7-14(8-11-18)17-15-4-3-5-16(19)12-15/h3-6,12,14,17,19H,7-11H2,1-2H3. The van der Waals surface area contributed by atoms with Gasteiger partial charge in [-0.1, -0.05) is 17.7 Å². The highest BCUT2D eigenvalue weighted by atomic mass is 16.3. The Balaban J connectivity index is 1.79. The van der Waals surface area contributed by atoms with Gasteiger partial charge in [-0.25, -0.2) is 0 Å². The van der Waals surface area contributed by atoms with Gasteiger partial charge in [0.1, 0.15) is 5.75 Å². The van der Waals surface area contributed by atoms with Crippen molar-refractivity contribution in [1.82, 2.24) is 4.90 Å². The van der Waals surface area contributed by atoms with E-state index in [1.54, 1.807) is 12.1 Å². The van der Waals surface area contributed by atoms with Crippen molar-refractivity contribution < 1.29 is 5.11 Å². The molecular formula is C16H24N2O. The quantitative estimate of drug-likeness (QED) is 0.816. The van der Waals surface area contributed by atoms with Crippen LogP contribution < -0.4 is 5.32 Å². The van der Waals surface area contributed by atoms with E-state index in [0.29, 0.717) is 11.8 Å². The van der Waals surface area contributed by atoms with E-state index in [1.807, 2.05) is 12.1 Å². The van der Waals surface area contributed by atoms with Crippen LogP contribution in [0.5, 0.6) is 5.75 Å². The van der Waals surface area contributed by atoms with E-state index in [1.165, 1.54) is 5.57 Å². The summed E-state index contributed by atoms with van der Waals surface area (Å²) in [5, 5.41) is 13.0. The van der Waals surface area contributed by atoms with Gasteiger partial charge in [-0.2, -0.15) is 0 Å². The maximum absolute atomic E-state index is 9.45. The fourth-order valence-corrected chi connectivity index (χ4v) is 2.40. The van der Waals surface area contributed by atoms with Crippen LogP contribution in [0.25, 0.3) is 0 Å². The summed E-state index contributed by atoms with van der Waals surface area (Å²) in [6.07, 6.45) is 4.61. The van der Waals surface area contributed by atoms with E-state index in [4.69, 9.17) is 0 Å². The molecule has 2 rings (SSSR count). The molecule has 1 aromatic carbocycles. The molecule has 1 aliphatic heterocycles. The van der Waals surface area contributed by atoms with Crippen molar-refractivity contribution in [3.05, 3.63) is 35.9 Å². The van der Waals surface area contributed by atoms with Gasteiger partial charge in [0.25, 0.3) is 0 Å². The van der Waals surface area contributed by atoms with Crippen molar-refractivity contribution in [1.29, 1.82) is 0 Å². The lowest BCUT2D eigenvalue weighted by molar-refractivity contribution is 0.240. The molecule has 0 radical (unpaired) electrons. The molecule has 0 atom stereocenters. The summed E-state index contributed by atoms with van der Waals surface area (Å²) in [6.45, 7) is 7.65. The molecule has 0 aromatic heterocycles. The van der Waals surface area contributed by atoms with Gasteiger partial charge in [0.05, 0.1) is 0 Å². The second-order valence-electron chi connectivity index (χ2n) is 5.55. The lowest BCUT2D eigenvalue weighted by Crippen LogP contribution is -2.39. The summed E-state index contributed by atoms with van der Waals surface area (Å²) >= 11 is 0. The fraction of sp³-hybridized carbons (Fsp3) is 0.500. The molecule has 1 fully saturated rings. The Bertz CT molecular complexity index is 430.